The van der Waals surface area contributed by atoms with Gasteiger partial charge in [-0.05, 0) is 57.6 Å². The third kappa shape index (κ3) is 4.97. The Hall–Kier alpha value is -2.16. The summed E-state index contributed by atoms with van der Waals surface area (Å²) in [5.41, 5.74) is 1.27. The van der Waals surface area contributed by atoms with Gasteiger partial charge in [-0.3, -0.25) is 9.69 Å². The summed E-state index contributed by atoms with van der Waals surface area (Å²) in [5, 5.41) is 2.84. The maximum Gasteiger partial charge on any atom is 0.242 e. The summed E-state index contributed by atoms with van der Waals surface area (Å²) >= 11 is 0. The van der Waals surface area contributed by atoms with Crippen molar-refractivity contribution in [2.24, 2.45) is 0 Å². The molecule has 0 aliphatic rings. The van der Waals surface area contributed by atoms with Gasteiger partial charge in [0.05, 0.1) is 17.5 Å². The molecule has 1 N–H and O–H groups in total. The highest BCUT2D eigenvalue weighted by Crippen LogP contribution is 2.22. The monoisotopic (exact) mass is 393 g/mol. The van der Waals surface area contributed by atoms with Gasteiger partial charge in [0, 0.05) is 19.8 Å². The number of rotatable bonds is 7. The average Bonchev–Trinajstić information content (AvgIpc) is 3.00. The first-order valence-electron chi connectivity index (χ1n) is 8.62. The number of furan rings is 1. The van der Waals surface area contributed by atoms with E-state index in [1.807, 2.05) is 37.9 Å². The molecule has 0 aliphatic heterocycles. The normalized spacial score (nSPS) is 13.2. The zero-order chi connectivity index (χ0) is 20.4. The first-order valence-corrected chi connectivity index (χ1v) is 10.1. The Morgan fingerprint density at radius 3 is 2.37 bits per heavy atom. The summed E-state index contributed by atoms with van der Waals surface area (Å²) < 4.78 is 31.3. The highest BCUT2D eigenvalue weighted by atomic mass is 32.2. The largest absolute Gasteiger partial charge is 0.465 e. The molecule has 1 heterocycles. The molecule has 0 bridgehead atoms. The zero-order valence-electron chi connectivity index (χ0n) is 16.6. The van der Waals surface area contributed by atoms with Crippen molar-refractivity contribution in [1.29, 1.82) is 0 Å². The van der Waals surface area contributed by atoms with Gasteiger partial charge in [0.15, 0.2) is 0 Å². The van der Waals surface area contributed by atoms with Gasteiger partial charge < -0.3 is 9.73 Å². The second-order valence-electron chi connectivity index (χ2n) is 6.86. The molecule has 0 unspecified atom stereocenters. The number of sulfonamides is 1. The van der Waals surface area contributed by atoms with E-state index >= 15 is 0 Å². The number of nitrogens with zero attached hydrogens (tertiary/aromatic N) is 2. The van der Waals surface area contributed by atoms with Gasteiger partial charge in [-0.15, -0.1) is 0 Å². The number of hydrogen-bond acceptors (Lipinski definition) is 5. The molecular formula is C19H27N3O4S. The summed E-state index contributed by atoms with van der Waals surface area (Å²) in [5.74, 6) is 1.39. The third-order valence-electron chi connectivity index (χ3n) is 4.49. The molecule has 1 aromatic heterocycles. The highest BCUT2D eigenvalue weighted by molar-refractivity contribution is 7.89. The topological polar surface area (TPSA) is 82.9 Å². The standard InChI is InChI=1S/C19H27N3O4S/c1-13-7-10-17(27(24,25)21(4)5)11-18(13)20-19(23)15(3)22(6)12-16-9-8-14(2)26-16/h7-11,15H,12H2,1-6H3,(H,20,23)/t15-/m1/s1. The second kappa shape index (κ2) is 8.24. The van der Waals surface area contributed by atoms with Crippen LogP contribution in [0.4, 0.5) is 5.69 Å². The average molecular weight is 394 g/mol. The van der Waals surface area contributed by atoms with Crippen LogP contribution in [0.15, 0.2) is 39.6 Å². The lowest BCUT2D eigenvalue weighted by atomic mass is 10.2. The van der Waals surface area contributed by atoms with E-state index in [9.17, 15) is 13.2 Å². The molecule has 0 saturated heterocycles. The van der Waals surface area contributed by atoms with Gasteiger partial charge in [-0.1, -0.05) is 6.07 Å². The van der Waals surface area contributed by atoms with Crippen LogP contribution < -0.4 is 5.32 Å². The summed E-state index contributed by atoms with van der Waals surface area (Å²) in [6.07, 6.45) is 0. The van der Waals surface area contributed by atoms with Crippen LogP contribution in [-0.2, 0) is 21.4 Å². The molecule has 8 heteroatoms. The Morgan fingerprint density at radius 1 is 1.15 bits per heavy atom. The minimum Gasteiger partial charge on any atom is -0.465 e. The molecule has 1 aromatic carbocycles. The summed E-state index contributed by atoms with van der Waals surface area (Å²) in [4.78, 5) is 14.7. The van der Waals surface area contributed by atoms with E-state index in [0.29, 0.717) is 12.2 Å². The summed E-state index contributed by atoms with van der Waals surface area (Å²) in [7, 11) is 1.21. The fourth-order valence-electron chi connectivity index (χ4n) is 2.50. The van der Waals surface area contributed by atoms with Crippen LogP contribution in [0.1, 0.15) is 24.0 Å². The smallest absolute Gasteiger partial charge is 0.242 e. The van der Waals surface area contributed by atoms with Gasteiger partial charge in [-0.2, -0.15) is 0 Å². The predicted molar refractivity (Wildman–Crippen MR) is 105 cm³/mol. The number of benzene rings is 1. The van der Waals surface area contributed by atoms with Crippen LogP contribution in [0.2, 0.25) is 0 Å². The lowest BCUT2D eigenvalue weighted by molar-refractivity contribution is -0.120. The van der Waals surface area contributed by atoms with E-state index in [1.54, 1.807) is 13.0 Å². The van der Waals surface area contributed by atoms with E-state index in [1.165, 1.54) is 26.2 Å². The van der Waals surface area contributed by atoms with Crippen LogP contribution in [0.5, 0.6) is 0 Å². The SMILES string of the molecule is Cc1ccc(CN(C)[C@H](C)C(=O)Nc2cc(S(=O)(=O)N(C)C)ccc2C)o1. The molecular weight excluding hydrogens is 366 g/mol. The van der Waals surface area contributed by atoms with Crippen LogP contribution in [0.3, 0.4) is 0 Å². The van der Waals surface area contributed by atoms with E-state index in [0.717, 1.165) is 21.4 Å². The van der Waals surface area contributed by atoms with Crippen molar-refractivity contribution in [3.05, 3.63) is 47.4 Å². The molecule has 0 radical (unpaired) electrons. The molecule has 1 amide bonds. The Kier molecular flexibility index (Phi) is 6.46. The van der Waals surface area contributed by atoms with Gasteiger partial charge in [0.1, 0.15) is 11.5 Å². The molecule has 0 fully saturated rings. The first-order chi connectivity index (χ1) is 12.5. The van der Waals surface area contributed by atoms with Crippen LogP contribution in [0, 0.1) is 13.8 Å². The number of nitrogens with one attached hydrogen (secondary N) is 1. The van der Waals surface area contributed by atoms with E-state index in [2.05, 4.69) is 5.32 Å². The summed E-state index contributed by atoms with van der Waals surface area (Å²) in [6.45, 7) is 5.98. The van der Waals surface area contributed by atoms with E-state index < -0.39 is 16.1 Å². The van der Waals surface area contributed by atoms with Crippen LogP contribution in [-0.4, -0.2) is 50.7 Å². The molecule has 0 saturated carbocycles. The van der Waals surface area contributed by atoms with Gasteiger partial charge in [0.2, 0.25) is 15.9 Å². The lowest BCUT2D eigenvalue weighted by Gasteiger charge is -2.23. The van der Waals surface area contributed by atoms with Crippen LogP contribution >= 0.6 is 0 Å². The van der Waals surface area contributed by atoms with Crippen LogP contribution in [0.25, 0.3) is 0 Å². The Morgan fingerprint density at radius 2 is 1.81 bits per heavy atom. The van der Waals surface area contributed by atoms with Crippen molar-refractivity contribution in [1.82, 2.24) is 9.21 Å². The fourth-order valence-corrected chi connectivity index (χ4v) is 3.43. The minimum absolute atomic E-state index is 0.139. The highest BCUT2D eigenvalue weighted by Gasteiger charge is 2.22. The molecule has 0 spiro atoms. The molecule has 2 aromatic rings. The maximum atomic E-state index is 12.7. The third-order valence-corrected chi connectivity index (χ3v) is 6.30. The Labute approximate surface area is 161 Å². The minimum atomic E-state index is -3.57. The van der Waals surface area contributed by atoms with Crippen molar-refractivity contribution in [2.75, 3.05) is 26.5 Å². The number of aryl methyl sites for hydroxylation is 2. The molecule has 2 rings (SSSR count). The van der Waals surface area contributed by atoms with Crippen molar-refractivity contribution in [3.63, 3.8) is 0 Å². The molecule has 148 valence electrons. The maximum absolute atomic E-state index is 12.7. The number of amides is 1. The van der Waals surface area contributed by atoms with Crippen molar-refractivity contribution < 1.29 is 17.6 Å². The quantitative estimate of drug-likeness (QED) is 0.782. The van der Waals surface area contributed by atoms with Gasteiger partial charge >= 0.3 is 0 Å². The number of anilines is 1. The van der Waals surface area contributed by atoms with Crippen molar-refractivity contribution in [2.45, 2.75) is 38.3 Å². The second-order valence-corrected chi connectivity index (χ2v) is 9.01. The Bertz CT molecular complexity index is 919. The number of carbonyl (C=O) groups is 1. The van der Waals surface area contributed by atoms with Crippen molar-refractivity contribution >= 4 is 21.6 Å². The fraction of sp³-hybridized carbons (Fsp3) is 0.421. The lowest BCUT2D eigenvalue weighted by Crippen LogP contribution is -2.39. The molecule has 1 atom stereocenters. The zero-order valence-corrected chi connectivity index (χ0v) is 17.4. The molecule has 7 nitrogen and oxygen atoms in total. The summed E-state index contributed by atoms with van der Waals surface area (Å²) in [6, 6.07) is 8.06. The number of hydrogen-bond donors (Lipinski definition) is 1. The molecule has 0 aliphatic carbocycles. The number of carbonyl (C=O) groups excluding carboxylic acids is 1. The van der Waals surface area contributed by atoms with Gasteiger partial charge in [-0.25, -0.2) is 12.7 Å². The predicted octanol–water partition coefficient (Wildman–Crippen LogP) is 2.61. The van der Waals surface area contributed by atoms with Crippen molar-refractivity contribution in [3.8, 4) is 0 Å². The van der Waals surface area contributed by atoms with E-state index in [-0.39, 0.29) is 10.8 Å². The Balaban J connectivity index is 2.14. The van der Waals surface area contributed by atoms with Gasteiger partial charge in [0.25, 0.3) is 0 Å². The first kappa shape index (κ1) is 21.1. The molecule has 27 heavy (non-hydrogen) atoms. The number of likely N-dealkylation sites (N-methyl/N-ethyl adjacent to an activating group) is 1. The van der Waals surface area contributed by atoms with E-state index in [4.69, 9.17) is 4.42 Å².